The van der Waals surface area contributed by atoms with Crippen LogP contribution in [0.25, 0.3) is 11.1 Å². The molecule has 0 radical (unpaired) electrons. The second kappa shape index (κ2) is 11.4. The number of aliphatic imine (C=N–C) groups is 1. The molecule has 0 saturated heterocycles. The number of amidine groups is 1. The average Bonchev–Trinajstić information content (AvgIpc) is 3.35. The minimum absolute atomic E-state index is 0.0292. The smallest absolute Gasteiger partial charge is 0.333 e. The number of nitrogens with zero attached hydrogens (tertiary/aromatic N) is 4. The minimum Gasteiger partial charge on any atom is -0.383 e. The number of amides is 1. The molecule has 3 rings (SSSR count). The molecule has 35 heavy (non-hydrogen) atoms. The molecule has 1 heterocycles. The van der Waals surface area contributed by atoms with E-state index in [4.69, 9.17) is 32.9 Å². The Labute approximate surface area is 204 Å². The number of carbonyl (C=O) groups excluding carboxylic acids is 1. The summed E-state index contributed by atoms with van der Waals surface area (Å²) in [6, 6.07) is 10.5. The maximum absolute atomic E-state index is 13.3. The van der Waals surface area contributed by atoms with Crippen LogP contribution in [-0.4, -0.2) is 52.8 Å². The largest absolute Gasteiger partial charge is 0.383 e. The summed E-state index contributed by atoms with van der Waals surface area (Å²) in [5.41, 5.74) is 8.21. The summed E-state index contributed by atoms with van der Waals surface area (Å²) in [4.78, 5) is 18.2. The van der Waals surface area contributed by atoms with Crippen LogP contribution in [0.4, 0.5) is 8.78 Å². The van der Waals surface area contributed by atoms with E-state index in [0.717, 1.165) is 12.7 Å². The molecule has 1 unspecified atom stereocenters. The lowest BCUT2D eigenvalue weighted by Gasteiger charge is -2.28. The van der Waals surface area contributed by atoms with Gasteiger partial charge in [0, 0.05) is 30.0 Å². The quantitative estimate of drug-likeness (QED) is 0.281. The molecule has 1 amide bonds. The molecule has 0 saturated carbocycles. The van der Waals surface area contributed by atoms with E-state index in [-0.39, 0.29) is 18.0 Å². The number of nitrogens with one attached hydrogen (secondary N) is 2. The number of ether oxygens (including phenoxy) is 1. The van der Waals surface area contributed by atoms with Crippen molar-refractivity contribution in [2.75, 3.05) is 13.7 Å². The van der Waals surface area contributed by atoms with E-state index in [2.05, 4.69) is 10.1 Å². The third-order valence-corrected chi connectivity index (χ3v) is 5.48. The maximum atomic E-state index is 13.3. The van der Waals surface area contributed by atoms with E-state index >= 15 is 0 Å². The Balaban J connectivity index is 1.92. The highest BCUT2D eigenvalue weighted by Gasteiger charge is 2.26. The lowest BCUT2D eigenvalue weighted by Crippen LogP contribution is -2.36. The van der Waals surface area contributed by atoms with Crippen LogP contribution >= 0.6 is 11.6 Å². The van der Waals surface area contributed by atoms with Crippen LogP contribution in [0, 0.1) is 10.8 Å². The lowest BCUT2D eigenvalue weighted by atomic mass is 10.0. The van der Waals surface area contributed by atoms with Gasteiger partial charge in [-0.05, 0) is 35.4 Å². The number of halogens is 3. The van der Waals surface area contributed by atoms with Crippen molar-refractivity contribution in [2.24, 2.45) is 10.7 Å². The summed E-state index contributed by atoms with van der Waals surface area (Å²) in [5.74, 6) is -0.448. The van der Waals surface area contributed by atoms with E-state index in [1.54, 1.807) is 42.5 Å². The van der Waals surface area contributed by atoms with Gasteiger partial charge >= 0.3 is 6.55 Å². The molecule has 0 spiro atoms. The number of carbonyl (C=O) groups is 1. The SMILES string of the molecule is COCC(c1ccc(Cl)c(C(N)=NC=N)c1)N(C=N)C(=O)c1ccc(-c2cnn(C(F)F)c2)cc1. The second-order valence-electron chi connectivity index (χ2n) is 7.26. The first-order valence-electron chi connectivity index (χ1n) is 10.2. The fourth-order valence-electron chi connectivity index (χ4n) is 3.42. The van der Waals surface area contributed by atoms with E-state index < -0.39 is 18.5 Å². The molecule has 1 atom stereocenters. The summed E-state index contributed by atoms with van der Waals surface area (Å²) < 4.78 is 31.4. The zero-order valence-electron chi connectivity index (χ0n) is 18.5. The number of alkyl halides is 2. The monoisotopic (exact) mass is 501 g/mol. The van der Waals surface area contributed by atoms with Gasteiger partial charge in [0.25, 0.3) is 5.91 Å². The third kappa shape index (κ3) is 5.76. The van der Waals surface area contributed by atoms with Gasteiger partial charge in [0.05, 0.1) is 30.2 Å². The molecule has 2 aromatic carbocycles. The first-order valence-corrected chi connectivity index (χ1v) is 10.6. The summed E-state index contributed by atoms with van der Waals surface area (Å²) in [6.07, 6.45) is 4.22. The summed E-state index contributed by atoms with van der Waals surface area (Å²) in [6.45, 7) is -2.68. The van der Waals surface area contributed by atoms with Crippen molar-refractivity contribution >= 4 is 36.0 Å². The predicted molar refractivity (Wildman–Crippen MR) is 129 cm³/mol. The molecule has 0 aliphatic rings. The fourth-order valence-corrected chi connectivity index (χ4v) is 3.63. The van der Waals surface area contributed by atoms with Crippen LogP contribution in [0.2, 0.25) is 5.02 Å². The van der Waals surface area contributed by atoms with Crippen molar-refractivity contribution in [3.05, 3.63) is 76.6 Å². The number of benzene rings is 2. The van der Waals surface area contributed by atoms with Crippen LogP contribution in [0.5, 0.6) is 0 Å². The lowest BCUT2D eigenvalue weighted by molar-refractivity contribution is 0.0566. The molecule has 4 N–H and O–H groups in total. The van der Waals surface area contributed by atoms with Gasteiger partial charge in [0.15, 0.2) is 0 Å². The number of nitrogens with two attached hydrogens (primary N) is 1. The minimum atomic E-state index is -2.75. The zero-order chi connectivity index (χ0) is 25.5. The molecule has 0 aliphatic carbocycles. The first-order chi connectivity index (χ1) is 16.8. The van der Waals surface area contributed by atoms with Crippen molar-refractivity contribution in [2.45, 2.75) is 12.6 Å². The van der Waals surface area contributed by atoms with E-state index in [9.17, 15) is 13.6 Å². The van der Waals surface area contributed by atoms with Gasteiger partial charge in [-0.1, -0.05) is 29.8 Å². The summed E-state index contributed by atoms with van der Waals surface area (Å²) in [7, 11) is 1.47. The molecule has 12 heteroatoms. The Morgan fingerprint density at radius 2 is 1.97 bits per heavy atom. The molecule has 0 fully saturated rings. The van der Waals surface area contributed by atoms with Crippen molar-refractivity contribution < 1.29 is 18.3 Å². The number of hydrogen-bond acceptors (Lipinski definition) is 5. The molecular weight excluding hydrogens is 480 g/mol. The van der Waals surface area contributed by atoms with Crippen LogP contribution in [-0.2, 0) is 4.74 Å². The maximum Gasteiger partial charge on any atom is 0.333 e. The number of hydrogen-bond donors (Lipinski definition) is 3. The third-order valence-electron chi connectivity index (χ3n) is 5.16. The highest BCUT2D eigenvalue weighted by Crippen LogP contribution is 2.28. The Morgan fingerprint density at radius 3 is 2.54 bits per heavy atom. The van der Waals surface area contributed by atoms with Gasteiger partial charge < -0.3 is 10.5 Å². The van der Waals surface area contributed by atoms with Gasteiger partial charge in [-0.25, -0.2) is 9.67 Å². The zero-order valence-corrected chi connectivity index (χ0v) is 19.3. The number of methoxy groups -OCH3 is 1. The normalized spacial score (nSPS) is 12.4. The average molecular weight is 502 g/mol. The molecule has 182 valence electrons. The number of aromatic nitrogens is 2. The second-order valence-corrected chi connectivity index (χ2v) is 7.67. The van der Waals surface area contributed by atoms with Crippen molar-refractivity contribution in [3.8, 4) is 11.1 Å². The Morgan fingerprint density at radius 1 is 1.26 bits per heavy atom. The highest BCUT2D eigenvalue weighted by molar-refractivity contribution is 6.34. The molecule has 0 aliphatic heterocycles. The van der Waals surface area contributed by atoms with E-state index in [1.165, 1.54) is 24.4 Å². The summed E-state index contributed by atoms with van der Waals surface area (Å²) in [5, 5.41) is 18.9. The Hall–Kier alpha value is -3.96. The van der Waals surface area contributed by atoms with Gasteiger partial charge in [-0.3, -0.25) is 20.5 Å². The van der Waals surface area contributed by atoms with Gasteiger partial charge in [0.2, 0.25) is 0 Å². The molecule has 3 aromatic rings. The topological polar surface area (TPSA) is 133 Å². The van der Waals surface area contributed by atoms with Crippen molar-refractivity contribution in [1.29, 1.82) is 10.8 Å². The van der Waals surface area contributed by atoms with E-state index in [0.29, 0.717) is 32.0 Å². The molecule has 0 bridgehead atoms. The van der Waals surface area contributed by atoms with Crippen LogP contribution in [0.1, 0.15) is 34.1 Å². The number of rotatable bonds is 10. The van der Waals surface area contributed by atoms with Crippen LogP contribution < -0.4 is 5.73 Å². The van der Waals surface area contributed by atoms with Crippen molar-refractivity contribution in [1.82, 2.24) is 14.7 Å². The Bertz CT molecular complexity index is 1240. The molecule has 9 nitrogen and oxygen atoms in total. The fraction of sp³-hybridized carbons (Fsp3) is 0.174. The van der Waals surface area contributed by atoms with Gasteiger partial charge in [0.1, 0.15) is 12.2 Å². The molecule has 1 aromatic heterocycles. The van der Waals surface area contributed by atoms with Crippen LogP contribution in [0.3, 0.4) is 0 Å². The van der Waals surface area contributed by atoms with E-state index in [1.807, 2.05) is 0 Å². The van der Waals surface area contributed by atoms with Crippen LogP contribution in [0.15, 0.2) is 59.9 Å². The Kier molecular flexibility index (Phi) is 8.39. The van der Waals surface area contributed by atoms with Gasteiger partial charge in [-0.15, -0.1) is 0 Å². The standard InChI is InChI=1S/C23H22ClF2N7O2/c1-35-11-20(16-6-7-19(24)18(8-16)21(29)30-12-27)32(13-28)22(34)15-4-2-14(3-5-15)17-9-31-33(10-17)23(25)26/h2-10,12-13,20,23,28H,11H2,1H3,(H3,27,29,30). The van der Waals surface area contributed by atoms with Gasteiger partial charge in [-0.2, -0.15) is 13.9 Å². The summed E-state index contributed by atoms with van der Waals surface area (Å²) >= 11 is 6.22. The highest BCUT2D eigenvalue weighted by atomic mass is 35.5. The first kappa shape index (κ1) is 25.7. The molecular formula is C23H22ClF2N7O2. The predicted octanol–water partition coefficient (Wildman–Crippen LogP) is 4.35. The van der Waals surface area contributed by atoms with Crippen molar-refractivity contribution in [3.63, 3.8) is 0 Å².